The normalized spacial score (nSPS) is 10.7. The molecule has 0 saturated heterocycles. The van der Waals surface area contributed by atoms with Crippen molar-refractivity contribution in [3.8, 4) is 11.5 Å². The van der Waals surface area contributed by atoms with Crippen LogP contribution in [0.15, 0.2) is 42.5 Å². The molecule has 5 heteroatoms. The van der Waals surface area contributed by atoms with E-state index in [9.17, 15) is 9.18 Å². The van der Waals surface area contributed by atoms with Crippen molar-refractivity contribution in [1.82, 2.24) is 0 Å². The molecule has 0 bridgehead atoms. The van der Waals surface area contributed by atoms with E-state index in [0.717, 1.165) is 11.1 Å². The van der Waals surface area contributed by atoms with Crippen molar-refractivity contribution in [2.75, 3.05) is 14.2 Å². The molecule has 2 aromatic carbocycles. The number of esters is 1. The van der Waals surface area contributed by atoms with Gasteiger partial charge in [0.2, 0.25) is 0 Å². The Bertz CT molecular complexity index is 753. The number of carbonyl (C=O) groups excluding carboxylic acids is 1. The summed E-state index contributed by atoms with van der Waals surface area (Å²) >= 11 is 0. The average Bonchev–Trinajstić information content (AvgIpc) is 2.58. The Balaban J connectivity index is 1.98. The van der Waals surface area contributed by atoms with Gasteiger partial charge in [0.05, 0.1) is 14.2 Å². The van der Waals surface area contributed by atoms with Crippen molar-refractivity contribution in [2.24, 2.45) is 0 Å². The highest BCUT2D eigenvalue weighted by atomic mass is 19.1. The summed E-state index contributed by atoms with van der Waals surface area (Å²) < 4.78 is 28.9. The molecule has 0 aliphatic heterocycles. The Morgan fingerprint density at radius 2 is 1.79 bits per heavy atom. The maximum atomic E-state index is 13.6. The third-order valence-corrected chi connectivity index (χ3v) is 3.39. The van der Waals surface area contributed by atoms with E-state index >= 15 is 0 Å². The van der Waals surface area contributed by atoms with E-state index in [1.54, 1.807) is 13.2 Å². The number of hydrogen-bond acceptors (Lipinski definition) is 4. The second-order valence-electron chi connectivity index (χ2n) is 5.15. The van der Waals surface area contributed by atoms with Gasteiger partial charge < -0.3 is 14.2 Å². The van der Waals surface area contributed by atoms with Gasteiger partial charge in [0.15, 0.2) is 11.6 Å². The van der Waals surface area contributed by atoms with Gasteiger partial charge in [-0.2, -0.15) is 0 Å². The highest BCUT2D eigenvalue weighted by Gasteiger charge is 2.06. The van der Waals surface area contributed by atoms with E-state index in [4.69, 9.17) is 14.2 Å². The number of carbonyl (C=O) groups is 1. The lowest BCUT2D eigenvalue weighted by molar-refractivity contribution is -0.138. The van der Waals surface area contributed by atoms with Crippen molar-refractivity contribution in [3.63, 3.8) is 0 Å². The van der Waals surface area contributed by atoms with Crippen LogP contribution in [0.2, 0.25) is 0 Å². The van der Waals surface area contributed by atoms with Crippen LogP contribution in [0.4, 0.5) is 4.39 Å². The van der Waals surface area contributed by atoms with Crippen LogP contribution in [0.3, 0.4) is 0 Å². The first-order valence-corrected chi connectivity index (χ1v) is 7.35. The first-order valence-electron chi connectivity index (χ1n) is 7.35. The Hall–Kier alpha value is -2.82. The van der Waals surface area contributed by atoms with Crippen LogP contribution in [0.1, 0.15) is 16.7 Å². The SMILES string of the molecule is COc1ccc(/C=C/C(=O)OCc2cc(C)ccc2OC)cc1F. The third kappa shape index (κ3) is 4.59. The lowest BCUT2D eigenvalue weighted by Gasteiger charge is -2.09. The number of benzene rings is 2. The van der Waals surface area contributed by atoms with Crippen molar-refractivity contribution in [1.29, 1.82) is 0 Å². The molecular formula is C19H19FO4. The van der Waals surface area contributed by atoms with Crippen LogP contribution in [-0.2, 0) is 16.1 Å². The smallest absolute Gasteiger partial charge is 0.331 e. The zero-order valence-corrected chi connectivity index (χ0v) is 13.8. The number of methoxy groups -OCH3 is 2. The van der Waals surface area contributed by atoms with E-state index in [2.05, 4.69) is 0 Å². The molecule has 4 nitrogen and oxygen atoms in total. The molecule has 0 spiro atoms. The van der Waals surface area contributed by atoms with Crippen LogP contribution in [0.5, 0.6) is 11.5 Å². The minimum atomic E-state index is -0.519. The molecule has 0 atom stereocenters. The third-order valence-electron chi connectivity index (χ3n) is 3.39. The fourth-order valence-electron chi connectivity index (χ4n) is 2.17. The molecule has 2 rings (SSSR count). The summed E-state index contributed by atoms with van der Waals surface area (Å²) in [6, 6.07) is 10.1. The highest BCUT2D eigenvalue weighted by molar-refractivity contribution is 5.87. The van der Waals surface area contributed by atoms with Crippen LogP contribution < -0.4 is 9.47 Å². The zero-order chi connectivity index (χ0) is 17.5. The zero-order valence-electron chi connectivity index (χ0n) is 13.8. The van der Waals surface area contributed by atoms with E-state index in [1.165, 1.54) is 31.4 Å². The van der Waals surface area contributed by atoms with Crippen LogP contribution in [0.25, 0.3) is 6.08 Å². The summed E-state index contributed by atoms with van der Waals surface area (Å²) in [5, 5.41) is 0. The fourth-order valence-corrected chi connectivity index (χ4v) is 2.17. The Morgan fingerprint density at radius 3 is 2.46 bits per heavy atom. The Labute approximate surface area is 140 Å². The van der Waals surface area contributed by atoms with Crippen molar-refractivity contribution in [3.05, 3.63) is 65.0 Å². The Kier molecular flexibility index (Phi) is 5.95. The maximum Gasteiger partial charge on any atom is 0.331 e. The van der Waals surface area contributed by atoms with E-state index < -0.39 is 11.8 Å². The standard InChI is InChI=1S/C19H19FO4/c1-13-4-7-17(22-2)15(10-13)12-24-19(21)9-6-14-5-8-18(23-3)16(20)11-14/h4-11H,12H2,1-3H3/b9-6+. The van der Waals surface area contributed by atoms with Crippen LogP contribution in [-0.4, -0.2) is 20.2 Å². The number of hydrogen-bond donors (Lipinski definition) is 0. The van der Waals surface area contributed by atoms with E-state index in [0.29, 0.717) is 11.3 Å². The first-order chi connectivity index (χ1) is 11.5. The molecule has 2 aromatic rings. The maximum absolute atomic E-state index is 13.6. The van der Waals surface area contributed by atoms with Gasteiger partial charge in [0.1, 0.15) is 12.4 Å². The van der Waals surface area contributed by atoms with Gasteiger partial charge in [0.25, 0.3) is 0 Å². The van der Waals surface area contributed by atoms with Gasteiger partial charge in [-0.05, 0) is 42.8 Å². The summed E-state index contributed by atoms with van der Waals surface area (Å²) in [7, 11) is 2.96. The topological polar surface area (TPSA) is 44.8 Å². The van der Waals surface area contributed by atoms with Crippen molar-refractivity contribution < 1.29 is 23.4 Å². The Morgan fingerprint density at radius 1 is 1.08 bits per heavy atom. The second-order valence-corrected chi connectivity index (χ2v) is 5.15. The molecule has 0 aromatic heterocycles. The van der Waals surface area contributed by atoms with Gasteiger partial charge in [0, 0.05) is 11.6 Å². The quantitative estimate of drug-likeness (QED) is 0.595. The molecule has 0 aliphatic carbocycles. The minimum absolute atomic E-state index is 0.102. The molecule has 0 fully saturated rings. The van der Waals surface area contributed by atoms with E-state index in [1.807, 2.05) is 25.1 Å². The molecule has 0 unspecified atom stereocenters. The molecule has 0 saturated carbocycles. The largest absolute Gasteiger partial charge is 0.496 e. The average molecular weight is 330 g/mol. The lowest BCUT2D eigenvalue weighted by atomic mass is 10.1. The molecular weight excluding hydrogens is 311 g/mol. The molecule has 0 amide bonds. The number of rotatable bonds is 6. The molecule has 126 valence electrons. The molecule has 24 heavy (non-hydrogen) atoms. The molecule has 0 radical (unpaired) electrons. The summed E-state index contributed by atoms with van der Waals surface area (Å²) in [6.45, 7) is 2.05. The van der Waals surface area contributed by atoms with Gasteiger partial charge >= 0.3 is 5.97 Å². The summed E-state index contributed by atoms with van der Waals surface area (Å²) in [6.07, 6.45) is 2.74. The number of aryl methyl sites for hydroxylation is 1. The molecule has 0 N–H and O–H groups in total. The molecule has 0 aliphatic rings. The minimum Gasteiger partial charge on any atom is -0.496 e. The summed E-state index contributed by atoms with van der Waals surface area (Å²) in [5.41, 5.74) is 2.37. The molecule has 0 heterocycles. The van der Waals surface area contributed by atoms with Gasteiger partial charge in [-0.25, -0.2) is 9.18 Å². The van der Waals surface area contributed by atoms with Gasteiger partial charge in [-0.15, -0.1) is 0 Å². The monoisotopic (exact) mass is 330 g/mol. The van der Waals surface area contributed by atoms with Crippen molar-refractivity contribution in [2.45, 2.75) is 13.5 Å². The highest BCUT2D eigenvalue weighted by Crippen LogP contribution is 2.21. The van der Waals surface area contributed by atoms with Crippen LogP contribution in [0, 0.1) is 12.7 Å². The van der Waals surface area contributed by atoms with Crippen molar-refractivity contribution >= 4 is 12.0 Å². The first kappa shape index (κ1) is 17.5. The fraction of sp³-hybridized carbons (Fsp3) is 0.211. The summed E-state index contributed by atoms with van der Waals surface area (Å²) in [5.74, 6) is -0.192. The predicted octanol–water partition coefficient (Wildman–Crippen LogP) is 3.91. The van der Waals surface area contributed by atoms with E-state index in [-0.39, 0.29) is 12.4 Å². The second kappa shape index (κ2) is 8.15. The number of ether oxygens (including phenoxy) is 3. The van der Waals surface area contributed by atoms with Gasteiger partial charge in [-0.3, -0.25) is 0 Å². The van der Waals surface area contributed by atoms with Crippen LogP contribution >= 0.6 is 0 Å². The number of halogens is 1. The lowest BCUT2D eigenvalue weighted by Crippen LogP contribution is -2.02. The summed E-state index contributed by atoms with van der Waals surface area (Å²) in [4.78, 5) is 11.8. The van der Waals surface area contributed by atoms with Gasteiger partial charge in [-0.1, -0.05) is 17.7 Å². The predicted molar refractivity (Wildman–Crippen MR) is 89.5 cm³/mol.